The van der Waals surface area contributed by atoms with Crippen LogP contribution in [0, 0.1) is 6.92 Å². The van der Waals surface area contributed by atoms with E-state index in [0.29, 0.717) is 45.4 Å². The van der Waals surface area contributed by atoms with E-state index < -0.39 is 0 Å². The van der Waals surface area contributed by atoms with Crippen molar-refractivity contribution in [3.8, 4) is 28.7 Å². The second-order valence-corrected chi connectivity index (χ2v) is 5.56. The van der Waals surface area contributed by atoms with Crippen LogP contribution in [-0.4, -0.2) is 38.0 Å². The number of rotatable bonds is 5. The van der Waals surface area contributed by atoms with E-state index in [-0.39, 0.29) is 5.56 Å². The molecule has 0 saturated carbocycles. The highest BCUT2D eigenvalue weighted by atomic mass is 16.5. The molecule has 0 atom stereocenters. The fourth-order valence-electron chi connectivity index (χ4n) is 2.88. The van der Waals surface area contributed by atoms with Gasteiger partial charge in [0.1, 0.15) is 17.3 Å². The Morgan fingerprint density at radius 2 is 1.50 bits per heavy atom. The van der Waals surface area contributed by atoms with Crippen molar-refractivity contribution in [3.63, 3.8) is 0 Å². The third-order valence-corrected chi connectivity index (χ3v) is 4.17. The van der Waals surface area contributed by atoms with E-state index in [4.69, 9.17) is 18.9 Å². The van der Waals surface area contributed by atoms with Crippen molar-refractivity contribution >= 4 is 10.9 Å². The molecule has 0 spiro atoms. The van der Waals surface area contributed by atoms with Gasteiger partial charge in [-0.05, 0) is 25.1 Å². The molecule has 7 heteroatoms. The molecule has 26 heavy (non-hydrogen) atoms. The molecule has 0 amide bonds. The van der Waals surface area contributed by atoms with Gasteiger partial charge in [0.15, 0.2) is 11.5 Å². The van der Waals surface area contributed by atoms with Gasteiger partial charge in [0, 0.05) is 12.1 Å². The minimum absolute atomic E-state index is 0.225. The van der Waals surface area contributed by atoms with Crippen LogP contribution in [0.1, 0.15) is 5.82 Å². The Morgan fingerprint density at radius 1 is 0.846 bits per heavy atom. The van der Waals surface area contributed by atoms with Gasteiger partial charge < -0.3 is 18.9 Å². The zero-order valence-corrected chi connectivity index (χ0v) is 15.3. The van der Waals surface area contributed by atoms with Gasteiger partial charge in [-0.15, -0.1) is 0 Å². The molecule has 3 aromatic rings. The van der Waals surface area contributed by atoms with Crippen LogP contribution in [0.5, 0.6) is 23.0 Å². The molecule has 0 aliphatic rings. The minimum Gasteiger partial charge on any atom is -0.497 e. The van der Waals surface area contributed by atoms with Crippen molar-refractivity contribution in [1.29, 1.82) is 0 Å². The van der Waals surface area contributed by atoms with E-state index in [2.05, 4.69) is 4.98 Å². The number of aryl methyl sites for hydroxylation is 1. The highest BCUT2D eigenvalue weighted by molar-refractivity contribution is 5.82. The van der Waals surface area contributed by atoms with Crippen LogP contribution in [-0.2, 0) is 0 Å². The second kappa shape index (κ2) is 6.95. The van der Waals surface area contributed by atoms with Crippen LogP contribution >= 0.6 is 0 Å². The smallest absolute Gasteiger partial charge is 0.266 e. The maximum atomic E-state index is 13.2. The molecule has 0 fully saturated rings. The summed E-state index contributed by atoms with van der Waals surface area (Å²) in [6, 6.07) is 8.58. The summed E-state index contributed by atoms with van der Waals surface area (Å²) in [7, 11) is 6.18. The van der Waals surface area contributed by atoms with Crippen LogP contribution < -0.4 is 24.5 Å². The summed E-state index contributed by atoms with van der Waals surface area (Å²) in [5, 5.41) is 0.422. The first-order chi connectivity index (χ1) is 12.5. The average Bonchev–Trinajstić information content (AvgIpc) is 2.67. The molecule has 2 aromatic carbocycles. The van der Waals surface area contributed by atoms with E-state index in [0.717, 1.165) is 0 Å². The average molecular weight is 356 g/mol. The largest absolute Gasteiger partial charge is 0.497 e. The number of hydrogen-bond donors (Lipinski definition) is 0. The van der Waals surface area contributed by atoms with Gasteiger partial charge in [-0.1, -0.05) is 0 Å². The van der Waals surface area contributed by atoms with Gasteiger partial charge in [0.25, 0.3) is 5.56 Å². The zero-order chi connectivity index (χ0) is 18.8. The Morgan fingerprint density at radius 3 is 2.12 bits per heavy atom. The molecule has 0 aliphatic heterocycles. The number of fused-ring (bicyclic) bond motifs is 1. The van der Waals surface area contributed by atoms with Gasteiger partial charge in [-0.2, -0.15) is 0 Å². The van der Waals surface area contributed by atoms with Crippen LogP contribution in [0.3, 0.4) is 0 Å². The van der Waals surface area contributed by atoms with Crippen LogP contribution in [0.2, 0.25) is 0 Å². The molecule has 0 N–H and O–H groups in total. The van der Waals surface area contributed by atoms with Crippen molar-refractivity contribution in [2.45, 2.75) is 6.92 Å². The quantitative estimate of drug-likeness (QED) is 0.700. The molecular formula is C19H20N2O5. The Kier molecular flexibility index (Phi) is 4.71. The number of benzene rings is 2. The Hall–Kier alpha value is -3.22. The van der Waals surface area contributed by atoms with E-state index >= 15 is 0 Å². The fraction of sp³-hybridized carbons (Fsp3) is 0.263. The SMILES string of the molecule is COc1ccc(-n2c(C)nc3cc(OC)c(OC)cc3c2=O)c(OC)c1. The summed E-state index contributed by atoms with van der Waals surface area (Å²) < 4.78 is 22.8. The number of aromatic nitrogens is 2. The van der Waals surface area contributed by atoms with Crippen molar-refractivity contribution in [2.24, 2.45) is 0 Å². The molecule has 136 valence electrons. The molecule has 1 heterocycles. The molecule has 0 radical (unpaired) electrons. The molecule has 7 nitrogen and oxygen atoms in total. The van der Waals surface area contributed by atoms with Crippen LogP contribution in [0.25, 0.3) is 16.6 Å². The van der Waals surface area contributed by atoms with Gasteiger partial charge >= 0.3 is 0 Å². The molecule has 3 rings (SSSR count). The summed E-state index contributed by atoms with van der Waals surface area (Å²) in [6.07, 6.45) is 0. The third-order valence-electron chi connectivity index (χ3n) is 4.17. The van der Waals surface area contributed by atoms with Crippen molar-refractivity contribution in [1.82, 2.24) is 9.55 Å². The lowest BCUT2D eigenvalue weighted by Crippen LogP contribution is -2.23. The summed E-state index contributed by atoms with van der Waals surface area (Å²) in [5.41, 5.74) is 0.894. The van der Waals surface area contributed by atoms with Crippen LogP contribution in [0.15, 0.2) is 35.1 Å². The number of nitrogens with zero attached hydrogens (tertiary/aromatic N) is 2. The first-order valence-electron chi connectivity index (χ1n) is 7.91. The van der Waals surface area contributed by atoms with Crippen LogP contribution in [0.4, 0.5) is 0 Å². The highest BCUT2D eigenvalue weighted by Crippen LogP contribution is 2.32. The highest BCUT2D eigenvalue weighted by Gasteiger charge is 2.17. The Bertz CT molecular complexity index is 1030. The molecule has 0 saturated heterocycles. The minimum atomic E-state index is -0.225. The summed E-state index contributed by atoms with van der Waals surface area (Å²) in [6.45, 7) is 1.77. The first-order valence-corrected chi connectivity index (χ1v) is 7.91. The fourth-order valence-corrected chi connectivity index (χ4v) is 2.88. The lowest BCUT2D eigenvalue weighted by molar-refractivity contribution is 0.355. The van der Waals surface area contributed by atoms with E-state index in [1.807, 2.05) is 0 Å². The van der Waals surface area contributed by atoms with Gasteiger partial charge in [-0.25, -0.2) is 4.98 Å². The number of hydrogen-bond acceptors (Lipinski definition) is 6. The maximum absolute atomic E-state index is 13.2. The van der Waals surface area contributed by atoms with Gasteiger partial charge in [0.05, 0.1) is 45.0 Å². The third kappa shape index (κ3) is 2.81. The van der Waals surface area contributed by atoms with Crippen molar-refractivity contribution in [3.05, 3.63) is 46.5 Å². The second-order valence-electron chi connectivity index (χ2n) is 5.56. The van der Waals surface area contributed by atoms with E-state index in [9.17, 15) is 4.79 Å². The number of methoxy groups -OCH3 is 4. The monoisotopic (exact) mass is 356 g/mol. The topological polar surface area (TPSA) is 71.8 Å². The number of ether oxygens (including phenoxy) is 4. The lowest BCUT2D eigenvalue weighted by Gasteiger charge is -2.16. The summed E-state index contributed by atoms with van der Waals surface area (Å²) >= 11 is 0. The standard InChI is InChI=1S/C19H20N2O5/c1-11-20-14-10-18(26-5)17(25-4)9-13(14)19(22)21(11)15-7-6-12(23-2)8-16(15)24-3/h6-10H,1-5H3. The first kappa shape index (κ1) is 17.6. The van der Waals surface area contributed by atoms with Crippen molar-refractivity contribution in [2.75, 3.05) is 28.4 Å². The molecular weight excluding hydrogens is 336 g/mol. The molecule has 1 aromatic heterocycles. The summed E-state index contributed by atoms with van der Waals surface area (Å²) in [5.74, 6) is 2.66. The van der Waals surface area contributed by atoms with E-state index in [1.165, 1.54) is 11.7 Å². The maximum Gasteiger partial charge on any atom is 0.266 e. The van der Waals surface area contributed by atoms with E-state index in [1.54, 1.807) is 58.6 Å². The zero-order valence-electron chi connectivity index (χ0n) is 15.3. The Labute approximate surface area is 150 Å². The molecule has 0 bridgehead atoms. The van der Waals surface area contributed by atoms with Gasteiger partial charge in [0.2, 0.25) is 0 Å². The molecule has 0 unspecified atom stereocenters. The normalized spacial score (nSPS) is 10.7. The predicted molar refractivity (Wildman–Crippen MR) is 98.3 cm³/mol. The Balaban J connectivity index is 2.33. The lowest BCUT2D eigenvalue weighted by atomic mass is 10.2. The predicted octanol–water partition coefficient (Wildman–Crippen LogP) is 2.73. The van der Waals surface area contributed by atoms with Crippen molar-refractivity contribution < 1.29 is 18.9 Å². The van der Waals surface area contributed by atoms with Gasteiger partial charge in [-0.3, -0.25) is 9.36 Å². The summed E-state index contributed by atoms with van der Waals surface area (Å²) in [4.78, 5) is 17.7. The molecule has 0 aliphatic carbocycles.